The second-order valence-electron chi connectivity index (χ2n) is 4.72. The average Bonchev–Trinajstić information content (AvgIpc) is 2.36. The van der Waals surface area contributed by atoms with Crippen molar-refractivity contribution in [2.24, 2.45) is 17.6 Å². The third-order valence-corrected chi connectivity index (χ3v) is 3.21. The molecular weight excluding hydrogens is 260 g/mol. The Morgan fingerprint density at radius 1 is 1.42 bits per heavy atom. The molecule has 1 rings (SSSR count). The van der Waals surface area contributed by atoms with E-state index >= 15 is 0 Å². The summed E-state index contributed by atoms with van der Waals surface area (Å²) in [6.45, 7) is 6.20. The van der Waals surface area contributed by atoms with Crippen molar-refractivity contribution in [2.45, 2.75) is 20.8 Å². The van der Waals surface area contributed by atoms with Crippen LogP contribution in [0.1, 0.15) is 26.3 Å². The molecule has 0 aliphatic heterocycles. The quantitative estimate of drug-likeness (QED) is 0.836. The zero-order chi connectivity index (χ0) is 14.4. The van der Waals surface area contributed by atoms with E-state index in [9.17, 15) is 4.79 Å². The van der Waals surface area contributed by atoms with Gasteiger partial charge in [0.25, 0.3) is 0 Å². The lowest BCUT2D eigenvalue weighted by atomic mass is 9.97. The molecule has 3 nitrogen and oxygen atoms in total. The van der Waals surface area contributed by atoms with E-state index in [4.69, 9.17) is 17.3 Å². The van der Waals surface area contributed by atoms with E-state index in [2.05, 4.69) is 17.2 Å². The summed E-state index contributed by atoms with van der Waals surface area (Å²) in [6, 6.07) is 5.22. The highest BCUT2D eigenvalue weighted by molar-refractivity contribution is 6.31. The van der Waals surface area contributed by atoms with Crippen LogP contribution in [0.25, 0.3) is 0 Å². The Morgan fingerprint density at radius 2 is 2.11 bits per heavy atom. The lowest BCUT2D eigenvalue weighted by Gasteiger charge is -2.16. The van der Waals surface area contributed by atoms with Crippen molar-refractivity contribution in [3.05, 3.63) is 28.8 Å². The maximum atomic E-state index is 12.1. The number of amides is 1. The van der Waals surface area contributed by atoms with Gasteiger partial charge in [-0.25, -0.2) is 0 Å². The van der Waals surface area contributed by atoms with Gasteiger partial charge in [-0.1, -0.05) is 44.2 Å². The normalized spacial score (nSPS) is 11.7. The van der Waals surface area contributed by atoms with Crippen molar-refractivity contribution in [1.29, 1.82) is 0 Å². The standard InChI is InChI=1S/C15H19ClN2O/c1-10(2)11(3)15(19)18-14-9-13(16)7-6-12(14)5-4-8-17/h6-7,9-11H,8,17H2,1-3H3,(H,18,19). The molecule has 0 radical (unpaired) electrons. The number of hydrogen-bond acceptors (Lipinski definition) is 2. The van der Waals surface area contributed by atoms with Gasteiger partial charge in [-0.2, -0.15) is 0 Å². The Hall–Kier alpha value is -1.50. The Morgan fingerprint density at radius 3 is 2.68 bits per heavy atom. The van der Waals surface area contributed by atoms with Gasteiger partial charge in [0.2, 0.25) is 5.91 Å². The van der Waals surface area contributed by atoms with Gasteiger partial charge in [0, 0.05) is 16.5 Å². The number of carbonyl (C=O) groups is 1. The van der Waals surface area contributed by atoms with Crippen LogP contribution in [0.5, 0.6) is 0 Å². The molecule has 1 aromatic rings. The van der Waals surface area contributed by atoms with Crippen LogP contribution in [0, 0.1) is 23.7 Å². The van der Waals surface area contributed by atoms with Crippen molar-refractivity contribution in [1.82, 2.24) is 0 Å². The van der Waals surface area contributed by atoms with E-state index in [1.54, 1.807) is 18.2 Å². The van der Waals surface area contributed by atoms with Crippen LogP contribution in [-0.2, 0) is 4.79 Å². The van der Waals surface area contributed by atoms with Crippen LogP contribution in [0.4, 0.5) is 5.69 Å². The maximum absolute atomic E-state index is 12.1. The number of nitrogens with two attached hydrogens (primary N) is 1. The molecule has 0 spiro atoms. The van der Waals surface area contributed by atoms with Gasteiger partial charge >= 0.3 is 0 Å². The van der Waals surface area contributed by atoms with E-state index in [0.29, 0.717) is 10.7 Å². The molecule has 0 fully saturated rings. The van der Waals surface area contributed by atoms with Gasteiger partial charge in [-0.15, -0.1) is 0 Å². The first-order valence-corrected chi connectivity index (χ1v) is 6.62. The summed E-state index contributed by atoms with van der Waals surface area (Å²) in [5.41, 5.74) is 6.71. The Balaban J connectivity index is 2.99. The largest absolute Gasteiger partial charge is 0.325 e. The minimum absolute atomic E-state index is 0.0342. The molecule has 0 aromatic heterocycles. The molecule has 1 unspecified atom stereocenters. The molecule has 3 N–H and O–H groups in total. The van der Waals surface area contributed by atoms with E-state index in [-0.39, 0.29) is 24.3 Å². The highest BCUT2D eigenvalue weighted by Crippen LogP contribution is 2.22. The monoisotopic (exact) mass is 278 g/mol. The second kappa shape index (κ2) is 7.18. The Bertz CT molecular complexity index is 515. The summed E-state index contributed by atoms with van der Waals surface area (Å²) in [5.74, 6) is 5.87. The fraction of sp³-hybridized carbons (Fsp3) is 0.400. The van der Waals surface area contributed by atoms with Crippen molar-refractivity contribution in [3.63, 3.8) is 0 Å². The molecule has 1 amide bonds. The summed E-state index contributed by atoms with van der Waals surface area (Å²) in [6.07, 6.45) is 0. The highest BCUT2D eigenvalue weighted by Gasteiger charge is 2.17. The topological polar surface area (TPSA) is 55.1 Å². The van der Waals surface area contributed by atoms with Crippen molar-refractivity contribution in [3.8, 4) is 11.8 Å². The summed E-state index contributed by atoms with van der Waals surface area (Å²) >= 11 is 5.95. The minimum atomic E-state index is -0.0747. The number of carbonyl (C=O) groups excluding carboxylic acids is 1. The zero-order valence-electron chi connectivity index (χ0n) is 11.5. The number of nitrogens with one attached hydrogen (secondary N) is 1. The van der Waals surface area contributed by atoms with Gasteiger partial charge in [-0.05, 0) is 24.1 Å². The summed E-state index contributed by atoms with van der Waals surface area (Å²) in [4.78, 5) is 12.1. The third-order valence-electron chi connectivity index (χ3n) is 2.98. The number of benzene rings is 1. The molecule has 0 heterocycles. The van der Waals surface area contributed by atoms with Crippen LogP contribution in [0.2, 0.25) is 5.02 Å². The Labute approximate surface area is 119 Å². The van der Waals surface area contributed by atoms with Crippen molar-refractivity contribution in [2.75, 3.05) is 11.9 Å². The molecule has 4 heteroatoms. The van der Waals surface area contributed by atoms with E-state index in [0.717, 1.165) is 5.56 Å². The van der Waals surface area contributed by atoms with Gasteiger partial charge in [0.1, 0.15) is 0 Å². The predicted octanol–water partition coefficient (Wildman–Crippen LogP) is 2.88. The first-order chi connectivity index (χ1) is 8.95. The molecule has 0 bridgehead atoms. The molecule has 1 atom stereocenters. The molecule has 0 saturated carbocycles. The highest BCUT2D eigenvalue weighted by atomic mass is 35.5. The Kier molecular flexibility index (Phi) is 5.88. The lowest BCUT2D eigenvalue weighted by Crippen LogP contribution is -2.24. The molecule has 102 valence electrons. The second-order valence-corrected chi connectivity index (χ2v) is 5.15. The SMILES string of the molecule is CC(C)C(C)C(=O)Nc1cc(Cl)ccc1C#CCN. The van der Waals surface area contributed by atoms with Crippen LogP contribution >= 0.6 is 11.6 Å². The lowest BCUT2D eigenvalue weighted by molar-refractivity contribution is -0.120. The van der Waals surface area contributed by atoms with E-state index in [1.165, 1.54) is 0 Å². The van der Waals surface area contributed by atoms with Crippen molar-refractivity contribution < 1.29 is 4.79 Å². The first kappa shape index (κ1) is 15.6. The molecule has 19 heavy (non-hydrogen) atoms. The van der Waals surface area contributed by atoms with Gasteiger partial charge in [0.15, 0.2) is 0 Å². The van der Waals surface area contributed by atoms with Crippen LogP contribution in [0.3, 0.4) is 0 Å². The predicted molar refractivity (Wildman–Crippen MR) is 80.0 cm³/mol. The first-order valence-electron chi connectivity index (χ1n) is 6.25. The smallest absolute Gasteiger partial charge is 0.227 e. The average molecular weight is 279 g/mol. The molecule has 0 saturated heterocycles. The number of rotatable bonds is 3. The van der Waals surface area contributed by atoms with E-state index in [1.807, 2.05) is 20.8 Å². The van der Waals surface area contributed by atoms with Gasteiger partial charge in [0.05, 0.1) is 12.2 Å². The zero-order valence-corrected chi connectivity index (χ0v) is 12.2. The third kappa shape index (κ3) is 4.59. The van der Waals surface area contributed by atoms with E-state index < -0.39 is 0 Å². The molecule has 0 aliphatic carbocycles. The number of halogens is 1. The summed E-state index contributed by atoms with van der Waals surface area (Å²) in [5, 5.41) is 3.44. The molecule has 1 aromatic carbocycles. The summed E-state index contributed by atoms with van der Waals surface area (Å²) in [7, 11) is 0. The number of hydrogen-bond donors (Lipinski definition) is 2. The maximum Gasteiger partial charge on any atom is 0.227 e. The van der Waals surface area contributed by atoms with Gasteiger partial charge in [-0.3, -0.25) is 4.79 Å². The van der Waals surface area contributed by atoms with Crippen LogP contribution in [0.15, 0.2) is 18.2 Å². The fourth-order valence-corrected chi connectivity index (χ4v) is 1.60. The van der Waals surface area contributed by atoms with Crippen molar-refractivity contribution >= 4 is 23.2 Å². The molecular formula is C15H19ClN2O. The fourth-order valence-electron chi connectivity index (χ4n) is 1.42. The van der Waals surface area contributed by atoms with Crippen LogP contribution in [-0.4, -0.2) is 12.5 Å². The minimum Gasteiger partial charge on any atom is -0.325 e. The number of anilines is 1. The van der Waals surface area contributed by atoms with Gasteiger partial charge < -0.3 is 11.1 Å². The summed E-state index contributed by atoms with van der Waals surface area (Å²) < 4.78 is 0. The molecule has 0 aliphatic rings. The van der Waals surface area contributed by atoms with Crippen LogP contribution < -0.4 is 11.1 Å².